The molecule has 3 aliphatic carbocycles. The summed E-state index contributed by atoms with van der Waals surface area (Å²) in [5.74, 6) is 0. The summed E-state index contributed by atoms with van der Waals surface area (Å²) in [5.41, 5.74) is 20.8. The molecule has 0 unspecified atom stereocenters. The van der Waals surface area contributed by atoms with Gasteiger partial charge in [-0.3, -0.25) is 0 Å². The summed E-state index contributed by atoms with van der Waals surface area (Å²) in [7, 11) is 0. The summed E-state index contributed by atoms with van der Waals surface area (Å²) in [6.07, 6.45) is 0. The molecule has 10 aromatic rings. The van der Waals surface area contributed by atoms with Crippen molar-refractivity contribution in [2.24, 2.45) is 0 Å². The highest BCUT2D eigenvalue weighted by Crippen LogP contribution is 2.64. The van der Waals surface area contributed by atoms with Crippen molar-refractivity contribution >= 4 is 32.3 Å². The molecule has 252 valence electrons. The van der Waals surface area contributed by atoms with Crippen LogP contribution in [0, 0.1) is 0 Å². The summed E-state index contributed by atoms with van der Waals surface area (Å²) in [6.45, 7) is 0. The fourth-order valence-corrected chi connectivity index (χ4v) is 10.8. The normalized spacial score (nSPS) is 13.6. The van der Waals surface area contributed by atoms with E-state index in [1.165, 1.54) is 121 Å². The molecule has 13 rings (SSSR count). The van der Waals surface area contributed by atoms with Crippen molar-refractivity contribution in [3.8, 4) is 66.8 Å². The van der Waals surface area contributed by atoms with Crippen molar-refractivity contribution < 1.29 is 0 Å². The lowest BCUT2D eigenvalue weighted by Gasteiger charge is -2.30. The monoisotopic (exact) mass is 692 g/mol. The number of rotatable bonds is 2. The maximum Gasteiger partial charge on any atom is 0.0725 e. The predicted molar refractivity (Wildman–Crippen MR) is 231 cm³/mol. The molecule has 3 aliphatic rings. The molecule has 0 amide bonds. The Morgan fingerprint density at radius 2 is 0.818 bits per heavy atom. The Bertz CT molecular complexity index is 3250. The van der Waals surface area contributed by atoms with Crippen LogP contribution in [0.4, 0.5) is 0 Å². The van der Waals surface area contributed by atoms with Crippen molar-refractivity contribution in [3.05, 3.63) is 216 Å². The number of fused-ring (bicyclic) bond motifs is 16. The van der Waals surface area contributed by atoms with E-state index in [2.05, 4.69) is 194 Å². The fraction of sp³-hybridized carbons (Fsp3) is 0.0182. The smallest absolute Gasteiger partial charge is 0.0619 e. The molecule has 0 aliphatic heterocycles. The molecular formula is C55H32. The minimum Gasteiger partial charge on any atom is -0.0619 e. The SMILES string of the molecule is c1ccc(-c2ccc3c4c(cccc24)-c2ccccc2-3)c(-c2ccc3cc4c(cc3c2)C2(c3ccccc3-c3ccccc32)c2ccc3ccccc3c2-4)c1. The van der Waals surface area contributed by atoms with Gasteiger partial charge >= 0.3 is 0 Å². The molecule has 0 atom stereocenters. The zero-order valence-corrected chi connectivity index (χ0v) is 30.0. The molecule has 0 nitrogen and oxygen atoms in total. The molecule has 0 bridgehead atoms. The van der Waals surface area contributed by atoms with Gasteiger partial charge in [-0.15, -0.1) is 0 Å². The lowest BCUT2D eigenvalue weighted by molar-refractivity contribution is 0.795. The van der Waals surface area contributed by atoms with Gasteiger partial charge in [0.2, 0.25) is 0 Å². The Kier molecular flexibility index (Phi) is 5.65. The summed E-state index contributed by atoms with van der Waals surface area (Å²) in [5, 5.41) is 7.79. The van der Waals surface area contributed by atoms with Crippen LogP contribution < -0.4 is 0 Å². The molecule has 10 aromatic carbocycles. The van der Waals surface area contributed by atoms with E-state index in [0.29, 0.717) is 0 Å². The van der Waals surface area contributed by atoms with Crippen molar-refractivity contribution in [2.45, 2.75) is 5.41 Å². The van der Waals surface area contributed by atoms with E-state index in [9.17, 15) is 0 Å². The van der Waals surface area contributed by atoms with E-state index in [0.717, 1.165) is 0 Å². The number of benzene rings is 10. The van der Waals surface area contributed by atoms with E-state index in [1.54, 1.807) is 0 Å². The van der Waals surface area contributed by atoms with Crippen LogP contribution >= 0.6 is 0 Å². The fourth-order valence-electron chi connectivity index (χ4n) is 10.8. The first kappa shape index (κ1) is 29.4. The summed E-state index contributed by atoms with van der Waals surface area (Å²) in [4.78, 5) is 0. The maximum absolute atomic E-state index is 2.53. The highest BCUT2D eigenvalue weighted by molar-refractivity contribution is 6.19. The van der Waals surface area contributed by atoms with E-state index < -0.39 is 5.41 Å². The van der Waals surface area contributed by atoms with Crippen LogP contribution in [0.2, 0.25) is 0 Å². The highest BCUT2D eigenvalue weighted by atomic mass is 14.5. The van der Waals surface area contributed by atoms with Gasteiger partial charge in [-0.1, -0.05) is 176 Å². The summed E-state index contributed by atoms with van der Waals surface area (Å²) < 4.78 is 0. The molecule has 1 spiro atoms. The minimum absolute atomic E-state index is 0.397. The highest BCUT2D eigenvalue weighted by Gasteiger charge is 2.52. The minimum atomic E-state index is -0.397. The molecule has 55 heavy (non-hydrogen) atoms. The van der Waals surface area contributed by atoms with Gasteiger partial charge in [0.25, 0.3) is 0 Å². The van der Waals surface area contributed by atoms with Crippen LogP contribution in [0.3, 0.4) is 0 Å². The first-order valence-electron chi connectivity index (χ1n) is 19.3. The van der Waals surface area contributed by atoms with Crippen LogP contribution in [0.5, 0.6) is 0 Å². The average molecular weight is 693 g/mol. The van der Waals surface area contributed by atoms with E-state index in [4.69, 9.17) is 0 Å². The number of hydrogen-bond donors (Lipinski definition) is 0. The Hall–Kier alpha value is -7.02. The third-order valence-electron chi connectivity index (χ3n) is 13.0. The second kappa shape index (κ2) is 10.6. The lowest BCUT2D eigenvalue weighted by Crippen LogP contribution is -2.25. The maximum atomic E-state index is 2.53. The Morgan fingerprint density at radius 1 is 0.255 bits per heavy atom. The van der Waals surface area contributed by atoms with Gasteiger partial charge in [-0.05, 0) is 140 Å². The van der Waals surface area contributed by atoms with Gasteiger partial charge in [0.1, 0.15) is 0 Å². The topological polar surface area (TPSA) is 0 Å². The molecule has 0 heterocycles. The van der Waals surface area contributed by atoms with Crippen LogP contribution in [0.25, 0.3) is 99.1 Å². The molecule has 0 heteroatoms. The molecule has 0 saturated carbocycles. The quantitative estimate of drug-likeness (QED) is 0.169. The molecular weight excluding hydrogens is 661 g/mol. The van der Waals surface area contributed by atoms with Gasteiger partial charge in [0.05, 0.1) is 5.41 Å². The second-order valence-corrected chi connectivity index (χ2v) is 15.5. The van der Waals surface area contributed by atoms with Gasteiger partial charge in [0.15, 0.2) is 0 Å². The van der Waals surface area contributed by atoms with Gasteiger partial charge in [0, 0.05) is 0 Å². The largest absolute Gasteiger partial charge is 0.0725 e. The van der Waals surface area contributed by atoms with Gasteiger partial charge in [-0.2, -0.15) is 0 Å². The second-order valence-electron chi connectivity index (χ2n) is 15.5. The molecule has 0 radical (unpaired) electrons. The molecule has 0 N–H and O–H groups in total. The van der Waals surface area contributed by atoms with Crippen LogP contribution in [-0.4, -0.2) is 0 Å². The van der Waals surface area contributed by atoms with E-state index in [-0.39, 0.29) is 0 Å². The van der Waals surface area contributed by atoms with Crippen LogP contribution in [0.1, 0.15) is 22.3 Å². The van der Waals surface area contributed by atoms with Crippen molar-refractivity contribution in [1.29, 1.82) is 0 Å². The van der Waals surface area contributed by atoms with E-state index in [1.807, 2.05) is 0 Å². The summed E-state index contributed by atoms with van der Waals surface area (Å²) in [6, 6.07) is 73.3. The van der Waals surface area contributed by atoms with Gasteiger partial charge in [-0.25, -0.2) is 0 Å². The number of hydrogen-bond acceptors (Lipinski definition) is 0. The third-order valence-corrected chi connectivity index (χ3v) is 13.0. The van der Waals surface area contributed by atoms with Crippen LogP contribution in [-0.2, 0) is 5.41 Å². The zero-order chi connectivity index (χ0) is 35.8. The zero-order valence-electron chi connectivity index (χ0n) is 30.0. The van der Waals surface area contributed by atoms with Crippen molar-refractivity contribution in [2.75, 3.05) is 0 Å². The Balaban J connectivity index is 1.06. The van der Waals surface area contributed by atoms with Crippen molar-refractivity contribution in [1.82, 2.24) is 0 Å². The first-order chi connectivity index (χ1) is 27.3. The van der Waals surface area contributed by atoms with Gasteiger partial charge < -0.3 is 0 Å². The molecule has 0 saturated heterocycles. The standard InChI is InChI=1S/C55H32/c1-2-14-38-33(12-1)26-29-51-54(38)48-31-34-24-25-35(30-36(34)32-52(48)55(51)49-22-9-7-18-43(49)44-19-8-10-23-50(44)55)37-13-3-4-15-39(37)42-27-28-47-41-17-6-5-16-40(41)45-20-11-21-46(42)53(45)47/h1-32H. The third kappa shape index (κ3) is 3.67. The lowest BCUT2D eigenvalue weighted by atomic mass is 9.70. The average Bonchev–Trinajstić information content (AvgIpc) is 3.85. The predicted octanol–water partition coefficient (Wildman–Crippen LogP) is 14.5. The Morgan fingerprint density at radius 3 is 1.58 bits per heavy atom. The molecule has 0 fully saturated rings. The van der Waals surface area contributed by atoms with Crippen LogP contribution in [0.15, 0.2) is 194 Å². The Labute approximate surface area is 319 Å². The van der Waals surface area contributed by atoms with E-state index >= 15 is 0 Å². The summed E-state index contributed by atoms with van der Waals surface area (Å²) >= 11 is 0. The van der Waals surface area contributed by atoms with Crippen molar-refractivity contribution in [3.63, 3.8) is 0 Å². The first-order valence-corrected chi connectivity index (χ1v) is 19.3. The molecule has 0 aromatic heterocycles.